The van der Waals surface area contributed by atoms with Gasteiger partial charge in [-0.05, 0) is 25.5 Å². The molecule has 20 heavy (non-hydrogen) atoms. The summed E-state index contributed by atoms with van der Waals surface area (Å²) < 4.78 is 5.42. The molecule has 0 spiro atoms. The Morgan fingerprint density at radius 2 is 2.25 bits per heavy atom. The van der Waals surface area contributed by atoms with Crippen LogP contribution in [0.15, 0.2) is 18.2 Å². The van der Waals surface area contributed by atoms with Gasteiger partial charge in [0, 0.05) is 25.3 Å². The van der Waals surface area contributed by atoms with Crippen LogP contribution in [0, 0.1) is 10.1 Å². The first-order valence-electron chi connectivity index (χ1n) is 6.41. The van der Waals surface area contributed by atoms with Crippen LogP contribution in [0.25, 0.3) is 0 Å². The molecule has 2 N–H and O–H groups in total. The van der Waals surface area contributed by atoms with Crippen LogP contribution in [-0.2, 0) is 4.74 Å². The third-order valence-corrected chi connectivity index (χ3v) is 3.40. The second-order valence-corrected chi connectivity index (χ2v) is 4.68. The van der Waals surface area contributed by atoms with E-state index in [9.17, 15) is 14.9 Å². The van der Waals surface area contributed by atoms with E-state index in [1.807, 2.05) is 6.92 Å². The predicted octanol–water partition coefficient (Wildman–Crippen LogP) is 1.54. The first-order valence-corrected chi connectivity index (χ1v) is 6.41. The van der Waals surface area contributed by atoms with Crippen LogP contribution in [0.5, 0.6) is 0 Å². The van der Waals surface area contributed by atoms with Crippen molar-refractivity contribution in [2.24, 2.45) is 0 Å². The van der Waals surface area contributed by atoms with Crippen molar-refractivity contribution in [3.8, 4) is 0 Å². The van der Waals surface area contributed by atoms with Crippen molar-refractivity contribution in [1.29, 1.82) is 0 Å². The number of hydrogen-bond acceptors (Lipinski definition) is 5. The zero-order valence-corrected chi connectivity index (χ0v) is 11.4. The molecule has 0 bridgehead atoms. The van der Waals surface area contributed by atoms with Crippen molar-refractivity contribution in [2.45, 2.75) is 25.5 Å². The van der Waals surface area contributed by atoms with Gasteiger partial charge in [0.05, 0.1) is 17.1 Å². The Bertz CT molecular complexity index is 532. The molecule has 1 aromatic carbocycles. The first-order chi connectivity index (χ1) is 9.52. The monoisotopic (exact) mass is 279 g/mol. The van der Waals surface area contributed by atoms with E-state index in [1.54, 1.807) is 12.1 Å². The van der Waals surface area contributed by atoms with Gasteiger partial charge >= 0.3 is 0 Å². The number of anilines is 1. The summed E-state index contributed by atoms with van der Waals surface area (Å²) in [6.45, 7) is 2.57. The maximum atomic E-state index is 11.5. The van der Waals surface area contributed by atoms with Gasteiger partial charge in [0.15, 0.2) is 0 Å². The van der Waals surface area contributed by atoms with Gasteiger partial charge in [0.1, 0.15) is 5.69 Å². The SMILES string of the molecule is CNC(=O)c1ccc(NC2CCOC2C)c([N+](=O)[O-])c1. The maximum absolute atomic E-state index is 11.5. The zero-order chi connectivity index (χ0) is 14.7. The molecule has 108 valence electrons. The third kappa shape index (κ3) is 2.88. The third-order valence-electron chi connectivity index (χ3n) is 3.40. The molecule has 2 rings (SSSR count). The number of nitrogens with zero attached hydrogens (tertiary/aromatic N) is 1. The standard InChI is InChI=1S/C13H17N3O4/c1-8-10(5-6-20-8)15-11-4-3-9(13(17)14-2)7-12(11)16(18)19/h3-4,7-8,10,15H,5-6H2,1-2H3,(H,14,17). The lowest BCUT2D eigenvalue weighted by atomic mass is 10.1. The molecule has 7 nitrogen and oxygen atoms in total. The number of rotatable bonds is 4. The highest BCUT2D eigenvalue weighted by Crippen LogP contribution is 2.28. The molecule has 0 aliphatic carbocycles. The molecule has 1 saturated heterocycles. The molecule has 1 aliphatic heterocycles. The fraction of sp³-hybridized carbons (Fsp3) is 0.462. The minimum absolute atomic E-state index is 0.00761. The summed E-state index contributed by atoms with van der Waals surface area (Å²) in [5.41, 5.74) is 0.565. The van der Waals surface area contributed by atoms with E-state index in [0.717, 1.165) is 6.42 Å². The average molecular weight is 279 g/mol. The van der Waals surface area contributed by atoms with E-state index in [0.29, 0.717) is 12.3 Å². The van der Waals surface area contributed by atoms with E-state index < -0.39 is 4.92 Å². The summed E-state index contributed by atoms with van der Waals surface area (Å²) in [6, 6.07) is 4.45. The number of amides is 1. The van der Waals surface area contributed by atoms with E-state index >= 15 is 0 Å². The molecule has 2 unspecified atom stereocenters. The van der Waals surface area contributed by atoms with Gasteiger partial charge < -0.3 is 15.4 Å². The fourth-order valence-corrected chi connectivity index (χ4v) is 2.21. The van der Waals surface area contributed by atoms with Gasteiger partial charge in [-0.25, -0.2) is 0 Å². The van der Waals surface area contributed by atoms with Gasteiger partial charge in [-0.15, -0.1) is 0 Å². The van der Waals surface area contributed by atoms with Gasteiger partial charge in [-0.2, -0.15) is 0 Å². The second kappa shape index (κ2) is 5.87. The topological polar surface area (TPSA) is 93.5 Å². The van der Waals surface area contributed by atoms with Crippen molar-refractivity contribution in [3.05, 3.63) is 33.9 Å². The molecule has 1 fully saturated rings. The summed E-state index contributed by atoms with van der Waals surface area (Å²) >= 11 is 0. The van der Waals surface area contributed by atoms with Crippen molar-refractivity contribution >= 4 is 17.3 Å². The number of ether oxygens (including phenoxy) is 1. The lowest BCUT2D eigenvalue weighted by molar-refractivity contribution is -0.384. The van der Waals surface area contributed by atoms with E-state index in [-0.39, 0.29) is 29.3 Å². The van der Waals surface area contributed by atoms with Gasteiger partial charge in [0.25, 0.3) is 11.6 Å². The fourth-order valence-electron chi connectivity index (χ4n) is 2.21. The predicted molar refractivity (Wildman–Crippen MR) is 73.9 cm³/mol. The van der Waals surface area contributed by atoms with Crippen LogP contribution < -0.4 is 10.6 Å². The van der Waals surface area contributed by atoms with Crippen molar-refractivity contribution < 1.29 is 14.5 Å². The Labute approximate surface area is 116 Å². The zero-order valence-electron chi connectivity index (χ0n) is 11.4. The molecule has 0 radical (unpaired) electrons. The van der Waals surface area contributed by atoms with E-state index in [2.05, 4.69) is 10.6 Å². The lowest BCUT2D eigenvalue weighted by Crippen LogP contribution is -2.27. The Morgan fingerprint density at radius 1 is 1.50 bits per heavy atom. The Balaban J connectivity index is 2.28. The molecule has 0 saturated carbocycles. The molecular formula is C13H17N3O4. The number of hydrogen-bond donors (Lipinski definition) is 2. The Kier molecular flexibility index (Phi) is 4.19. The highest BCUT2D eigenvalue weighted by atomic mass is 16.6. The lowest BCUT2D eigenvalue weighted by Gasteiger charge is -2.17. The molecule has 7 heteroatoms. The molecule has 1 aliphatic rings. The highest BCUT2D eigenvalue weighted by molar-refractivity contribution is 5.95. The molecule has 0 aromatic heterocycles. The van der Waals surface area contributed by atoms with Crippen LogP contribution in [-0.4, -0.2) is 36.6 Å². The molecule has 1 aromatic rings. The summed E-state index contributed by atoms with van der Waals surface area (Å²) in [5.74, 6) is -0.350. The Hall–Kier alpha value is -2.15. The quantitative estimate of drug-likeness (QED) is 0.644. The molecule has 1 amide bonds. The van der Waals surface area contributed by atoms with E-state index in [4.69, 9.17) is 4.74 Å². The number of nitro groups is 1. The van der Waals surface area contributed by atoms with Crippen LogP contribution >= 0.6 is 0 Å². The van der Waals surface area contributed by atoms with Crippen LogP contribution in [0.2, 0.25) is 0 Å². The second-order valence-electron chi connectivity index (χ2n) is 4.68. The van der Waals surface area contributed by atoms with Crippen LogP contribution in [0.4, 0.5) is 11.4 Å². The summed E-state index contributed by atoms with van der Waals surface area (Å²) in [5, 5.41) is 16.7. The maximum Gasteiger partial charge on any atom is 0.293 e. The molecule has 1 heterocycles. The largest absolute Gasteiger partial charge is 0.376 e. The number of benzene rings is 1. The number of carbonyl (C=O) groups is 1. The van der Waals surface area contributed by atoms with Crippen LogP contribution in [0.3, 0.4) is 0 Å². The van der Waals surface area contributed by atoms with Gasteiger partial charge in [-0.1, -0.05) is 0 Å². The Morgan fingerprint density at radius 3 is 2.80 bits per heavy atom. The van der Waals surface area contributed by atoms with Gasteiger partial charge in [-0.3, -0.25) is 14.9 Å². The molecular weight excluding hydrogens is 262 g/mol. The average Bonchev–Trinajstić information content (AvgIpc) is 2.83. The normalized spacial score (nSPS) is 21.5. The summed E-state index contributed by atoms with van der Waals surface area (Å²) in [4.78, 5) is 22.2. The van der Waals surface area contributed by atoms with Crippen molar-refractivity contribution in [2.75, 3.05) is 19.0 Å². The van der Waals surface area contributed by atoms with Crippen molar-refractivity contribution in [3.63, 3.8) is 0 Å². The molecule has 2 atom stereocenters. The number of nitro benzene ring substituents is 1. The van der Waals surface area contributed by atoms with E-state index in [1.165, 1.54) is 13.1 Å². The van der Waals surface area contributed by atoms with Gasteiger partial charge in [0.2, 0.25) is 0 Å². The minimum atomic E-state index is -0.491. The number of nitrogens with one attached hydrogen (secondary N) is 2. The number of carbonyl (C=O) groups excluding carboxylic acids is 1. The first kappa shape index (κ1) is 14.3. The summed E-state index contributed by atoms with van der Waals surface area (Å²) in [6.07, 6.45) is 0.809. The smallest absolute Gasteiger partial charge is 0.293 e. The van der Waals surface area contributed by atoms with Crippen LogP contribution in [0.1, 0.15) is 23.7 Å². The summed E-state index contributed by atoms with van der Waals surface area (Å²) in [7, 11) is 1.48. The van der Waals surface area contributed by atoms with Crippen molar-refractivity contribution in [1.82, 2.24) is 5.32 Å². The minimum Gasteiger partial charge on any atom is -0.376 e. The highest BCUT2D eigenvalue weighted by Gasteiger charge is 2.27.